The number of aromatic amines is 1. The number of nitrogens with one attached hydrogen (secondary N) is 2. The molecular formula is C27H25FN6O3. The maximum absolute atomic E-state index is 13.4. The third kappa shape index (κ3) is 5.73. The highest BCUT2D eigenvalue weighted by Gasteiger charge is 2.18. The average Bonchev–Trinajstić information content (AvgIpc) is 3.21. The van der Waals surface area contributed by atoms with E-state index in [1.807, 2.05) is 0 Å². The molecule has 0 radical (unpaired) electrons. The van der Waals surface area contributed by atoms with Crippen LogP contribution in [0.3, 0.4) is 0 Å². The maximum atomic E-state index is 13.4. The molecule has 0 saturated carbocycles. The van der Waals surface area contributed by atoms with Crippen molar-refractivity contribution in [3.63, 3.8) is 0 Å². The number of fused-ring (bicyclic) bond motifs is 1. The number of alkyl carbamates (subject to hydrolysis) is 1. The van der Waals surface area contributed by atoms with E-state index in [1.54, 1.807) is 75.1 Å². The Morgan fingerprint density at radius 1 is 1.22 bits per heavy atom. The highest BCUT2D eigenvalue weighted by Crippen LogP contribution is 2.30. The summed E-state index contributed by atoms with van der Waals surface area (Å²) in [7, 11) is 1.75. The minimum absolute atomic E-state index is 0.0363. The molecule has 0 unspecified atom stereocenters. The van der Waals surface area contributed by atoms with Crippen LogP contribution in [0.25, 0.3) is 33.5 Å². The highest BCUT2D eigenvalue weighted by molar-refractivity contribution is 5.94. The van der Waals surface area contributed by atoms with E-state index in [2.05, 4.69) is 26.7 Å². The number of H-pyrrole nitrogens is 1. The Morgan fingerprint density at radius 3 is 2.62 bits per heavy atom. The molecule has 0 bridgehead atoms. The van der Waals surface area contributed by atoms with E-state index in [1.165, 1.54) is 12.1 Å². The van der Waals surface area contributed by atoms with Crippen LogP contribution in [-0.4, -0.2) is 31.7 Å². The first-order valence-corrected chi connectivity index (χ1v) is 11.4. The van der Waals surface area contributed by atoms with Gasteiger partial charge in [0.05, 0.1) is 41.2 Å². The number of carbonyl (C=O) groups is 1. The summed E-state index contributed by atoms with van der Waals surface area (Å²) < 4.78 is 20.3. The Bertz CT molecular complexity index is 1600. The average molecular weight is 501 g/mol. The monoisotopic (exact) mass is 500 g/mol. The van der Waals surface area contributed by atoms with Crippen molar-refractivity contribution in [2.45, 2.75) is 32.9 Å². The van der Waals surface area contributed by atoms with Crippen LogP contribution in [0.15, 0.2) is 53.5 Å². The fourth-order valence-electron chi connectivity index (χ4n) is 3.78. The largest absolute Gasteiger partial charge is 0.444 e. The molecule has 188 valence electrons. The second-order valence-corrected chi connectivity index (χ2v) is 9.36. The third-order valence-corrected chi connectivity index (χ3v) is 5.52. The van der Waals surface area contributed by atoms with Gasteiger partial charge >= 0.3 is 6.09 Å². The van der Waals surface area contributed by atoms with Crippen molar-refractivity contribution in [3.8, 4) is 17.2 Å². The van der Waals surface area contributed by atoms with Gasteiger partial charge in [0.25, 0.3) is 5.56 Å². The second-order valence-electron chi connectivity index (χ2n) is 9.36. The number of aromatic nitrogens is 4. The van der Waals surface area contributed by atoms with Gasteiger partial charge in [0, 0.05) is 18.0 Å². The number of allylic oxidation sites excluding steroid dienone is 1. The Hall–Kier alpha value is -4.78. The fraction of sp³-hybridized carbons (Fsp3) is 0.222. The number of nitrogens with zero attached hydrogens (tertiary/aromatic N) is 4. The first-order chi connectivity index (χ1) is 17.6. The maximum Gasteiger partial charge on any atom is 0.407 e. The van der Waals surface area contributed by atoms with Crippen LogP contribution < -0.4 is 10.9 Å². The molecule has 0 atom stereocenters. The van der Waals surface area contributed by atoms with Crippen LogP contribution in [0.5, 0.6) is 0 Å². The smallest absolute Gasteiger partial charge is 0.407 e. The van der Waals surface area contributed by atoms with Crippen LogP contribution in [0.1, 0.15) is 37.7 Å². The van der Waals surface area contributed by atoms with Crippen molar-refractivity contribution < 1.29 is 13.9 Å². The molecule has 0 fully saturated rings. The predicted molar refractivity (Wildman–Crippen MR) is 138 cm³/mol. The number of rotatable bonds is 5. The van der Waals surface area contributed by atoms with Gasteiger partial charge in [-0.3, -0.25) is 9.48 Å². The van der Waals surface area contributed by atoms with Gasteiger partial charge in [-0.15, -0.1) is 0 Å². The van der Waals surface area contributed by atoms with E-state index >= 15 is 0 Å². The number of halogens is 1. The normalized spacial score (nSPS) is 11.8. The summed E-state index contributed by atoms with van der Waals surface area (Å²) in [5, 5.41) is 24.3. The Morgan fingerprint density at radius 2 is 1.95 bits per heavy atom. The van der Waals surface area contributed by atoms with Gasteiger partial charge in [-0.25, -0.2) is 14.3 Å². The Balaban J connectivity index is 1.74. The lowest BCUT2D eigenvalue weighted by Gasteiger charge is -2.19. The summed E-state index contributed by atoms with van der Waals surface area (Å²) in [6.07, 6.45) is 2.74. The minimum atomic E-state index is -0.655. The summed E-state index contributed by atoms with van der Waals surface area (Å²) in [5.74, 6) is -0.390. The number of amides is 1. The molecular weight excluding hydrogens is 475 g/mol. The van der Waals surface area contributed by atoms with Gasteiger partial charge in [-0.1, -0.05) is 18.2 Å². The van der Waals surface area contributed by atoms with E-state index < -0.39 is 11.7 Å². The number of hydrogen-bond donors (Lipinski definition) is 2. The molecule has 4 aromatic rings. The summed E-state index contributed by atoms with van der Waals surface area (Å²) in [6.45, 7) is 5.33. The zero-order chi connectivity index (χ0) is 26.7. The zero-order valence-corrected chi connectivity index (χ0v) is 20.8. The molecule has 0 aliphatic carbocycles. The van der Waals surface area contributed by atoms with Gasteiger partial charge in [-0.05, 0) is 62.2 Å². The van der Waals surface area contributed by atoms with Crippen LogP contribution in [0.4, 0.5) is 9.18 Å². The molecule has 2 aromatic carbocycles. The molecule has 4 rings (SSSR count). The van der Waals surface area contributed by atoms with Crippen molar-refractivity contribution >= 4 is 28.5 Å². The fourth-order valence-corrected chi connectivity index (χ4v) is 3.78. The quantitative estimate of drug-likeness (QED) is 0.387. The summed E-state index contributed by atoms with van der Waals surface area (Å²) >= 11 is 0. The number of nitriles is 1. The lowest BCUT2D eigenvalue weighted by atomic mass is 9.99. The van der Waals surface area contributed by atoms with Crippen LogP contribution in [0, 0.1) is 17.1 Å². The molecule has 37 heavy (non-hydrogen) atoms. The lowest BCUT2D eigenvalue weighted by Crippen LogP contribution is -2.32. The highest BCUT2D eigenvalue weighted by atomic mass is 19.1. The minimum Gasteiger partial charge on any atom is -0.444 e. The van der Waals surface area contributed by atoms with Crippen molar-refractivity contribution in [2.24, 2.45) is 7.05 Å². The van der Waals surface area contributed by atoms with Gasteiger partial charge in [-0.2, -0.15) is 15.5 Å². The zero-order valence-electron chi connectivity index (χ0n) is 20.8. The van der Waals surface area contributed by atoms with E-state index in [0.717, 1.165) is 5.56 Å². The first-order valence-electron chi connectivity index (χ1n) is 11.4. The topological polar surface area (TPSA) is 126 Å². The second kappa shape index (κ2) is 10.1. The van der Waals surface area contributed by atoms with Crippen molar-refractivity contribution in [1.29, 1.82) is 5.26 Å². The standard InChI is InChI=1S/C27H25FN6O3/c1-27(2,3)37-26(36)30-15-23-21-11-17(7-10-20(21)25(35)33-32-23)22-14-31-34(4)24(22)12-18(13-29)16-5-8-19(28)9-6-16/h5-12,14H,15H2,1-4H3,(H,30,36)(H,33,35)/b18-12+. The summed E-state index contributed by atoms with van der Waals surface area (Å²) in [4.78, 5) is 24.6. The molecule has 0 aliphatic rings. The van der Waals surface area contributed by atoms with Crippen molar-refractivity contribution in [2.75, 3.05) is 0 Å². The van der Waals surface area contributed by atoms with Gasteiger partial charge < -0.3 is 10.1 Å². The van der Waals surface area contributed by atoms with E-state index in [4.69, 9.17) is 4.74 Å². The predicted octanol–water partition coefficient (Wildman–Crippen LogP) is 4.55. The molecule has 2 aromatic heterocycles. The molecule has 9 nitrogen and oxygen atoms in total. The molecule has 0 spiro atoms. The van der Waals surface area contributed by atoms with Crippen molar-refractivity contribution in [1.82, 2.24) is 25.3 Å². The van der Waals surface area contributed by atoms with E-state index in [9.17, 15) is 19.2 Å². The van der Waals surface area contributed by atoms with E-state index in [-0.39, 0.29) is 17.9 Å². The van der Waals surface area contributed by atoms with Gasteiger partial charge in [0.1, 0.15) is 11.4 Å². The molecule has 2 N–H and O–H groups in total. The van der Waals surface area contributed by atoms with Gasteiger partial charge in [0.2, 0.25) is 0 Å². The number of hydrogen-bond acceptors (Lipinski definition) is 6. The van der Waals surface area contributed by atoms with Gasteiger partial charge in [0.15, 0.2) is 0 Å². The molecule has 0 aliphatic heterocycles. The number of carbonyl (C=O) groups excluding carboxylic acids is 1. The first kappa shape index (κ1) is 25.3. The van der Waals surface area contributed by atoms with Crippen molar-refractivity contribution in [3.05, 3.63) is 81.8 Å². The lowest BCUT2D eigenvalue weighted by molar-refractivity contribution is 0.0523. The third-order valence-electron chi connectivity index (χ3n) is 5.52. The van der Waals surface area contributed by atoms with Crippen LogP contribution in [-0.2, 0) is 18.3 Å². The SMILES string of the molecule is Cn1ncc(-c2ccc3c(=O)[nH]nc(CNC(=O)OC(C)(C)C)c3c2)c1/C=C(\C#N)c1ccc(F)cc1. The molecule has 2 heterocycles. The van der Waals surface area contributed by atoms with E-state index in [0.29, 0.717) is 38.9 Å². The Labute approximate surface area is 212 Å². The molecule has 10 heteroatoms. The summed E-state index contributed by atoms with van der Waals surface area (Å²) in [6, 6.07) is 13.1. The number of ether oxygens (including phenoxy) is 1. The number of benzene rings is 2. The molecule has 0 saturated heterocycles. The van der Waals surface area contributed by atoms with Crippen LogP contribution >= 0.6 is 0 Å². The number of aryl methyl sites for hydroxylation is 1. The van der Waals surface area contributed by atoms with Crippen LogP contribution in [0.2, 0.25) is 0 Å². The molecule has 1 amide bonds. The Kier molecular flexibility index (Phi) is 6.89. The summed E-state index contributed by atoms with van der Waals surface area (Å²) in [5.41, 5.74) is 2.43.